The molecule has 0 heterocycles. The molecular formula is C18H26N2O6. The van der Waals surface area contributed by atoms with E-state index in [4.69, 9.17) is 20.2 Å². The molecular weight excluding hydrogens is 340 g/mol. The van der Waals surface area contributed by atoms with Crippen molar-refractivity contribution in [2.24, 2.45) is 5.92 Å². The molecule has 0 aliphatic heterocycles. The van der Waals surface area contributed by atoms with Gasteiger partial charge in [-0.1, -0.05) is 49.6 Å². The van der Waals surface area contributed by atoms with Gasteiger partial charge in [-0.25, -0.2) is 10.3 Å². The largest absolute Gasteiger partial charge is 0.503 e. The highest BCUT2D eigenvalue weighted by atomic mass is 16.6. The second-order valence-corrected chi connectivity index (χ2v) is 6.18. The summed E-state index contributed by atoms with van der Waals surface area (Å²) in [6.07, 6.45) is 4.39. The van der Waals surface area contributed by atoms with E-state index in [1.165, 1.54) is 6.42 Å². The SMILES string of the molecule is O=C(NC(CCc1ccccc1)C(=O)NO)C1CCCCC1.O=C(O)O. The normalized spacial score (nSPS) is 15.1. The van der Waals surface area contributed by atoms with Crippen LogP contribution in [0.4, 0.5) is 4.79 Å². The fourth-order valence-electron chi connectivity index (χ4n) is 2.96. The quantitative estimate of drug-likeness (QED) is 0.387. The van der Waals surface area contributed by atoms with Crippen molar-refractivity contribution in [2.45, 2.75) is 51.0 Å². The van der Waals surface area contributed by atoms with Crippen LogP contribution < -0.4 is 10.8 Å². The summed E-state index contributed by atoms with van der Waals surface area (Å²) >= 11 is 0. The Kier molecular flexibility index (Phi) is 9.78. The van der Waals surface area contributed by atoms with E-state index < -0.39 is 18.1 Å². The minimum absolute atomic E-state index is 0.000492. The number of hydroxylamine groups is 1. The van der Waals surface area contributed by atoms with Crippen molar-refractivity contribution < 1.29 is 29.8 Å². The fraction of sp³-hybridized carbons (Fsp3) is 0.500. The first kappa shape index (κ1) is 21.4. The monoisotopic (exact) mass is 366 g/mol. The zero-order valence-electron chi connectivity index (χ0n) is 14.6. The number of benzene rings is 1. The number of nitrogens with one attached hydrogen (secondary N) is 2. The zero-order chi connectivity index (χ0) is 19.4. The van der Waals surface area contributed by atoms with Gasteiger partial charge in [-0.05, 0) is 31.2 Å². The van der Waals surface area contributed by atoms with Gasteiger partial charge in [0.15, 0.2) is 0 Å². The van der Waals surface area contributed by atoms with Gasteiger partial charge in [-0.3, -0.25) is 14.8 Å². The lowest BCUT2D eigenvalue weighted by Gasteiger charge is -2.24. The Morgan fingerprint density at radius 2 is 1.62 bits per heavy atom. The van der Waals surface area contributed by atoms with E-state index in [1.54, 1.807) is 5.48 Å². The van der Waals surface area contributed by atoms with Gasteiger partial charge in [0.25, 0.3) is 5.91 Å². The molecule has 1 aliphatic rings. The van der Waals surface area contributed by atoms with E-state index in [-0.39, 0.29) is 11.8 Å². The van der Waals surface area contributed by atoms with Crippen molar-refractivity contribution in [3.63, 3.8) is 0 Å². The van der Waals surface area contributed by atoms with Crippen LogP contribution in [0.1, 0.15) is 44.1 Å². The smallest absolute Gasteiger partial charge is 0.450 e. The van der Waals surface area contributed by atoms with Gasteiger partial charge in [0, 0.05) is 5.92 Å². The predicted octanol–water partition coefficient (Wildman–Crippen LogP) is 2.41. The maximum Gasteiger partial charge on any atom is 0.503 e. The Balaban J connectivity index is 0.000000765. The van der Waals surface area contributed by atoms with Gasteiger partial charge >= 0.3 is 6.16 Å². The zero-order valence-corrected chi connectivity index (χ0v) is 14.6. The minimum atomic E-state index is -1.83. The summed E-state index contributed by atoms with van der Waals surface area (Å²) in [5.41, 5.74) is 2.76. The molecule has 1 aromatic rings. The number of carbonyl (C=O) groups excluding carboxylic acids is 2. The van der Waals surface area contributed by atoms with Crippen LogP contribution >= 0.6 is 0 Å². The first-order valence-corrected chi connectivity index (χ1v) is 8.64. The van der Waals surface area contributed by atoms with Crippen LogP contribution in [0.5, 0.6) is 0 Å². The van der Waals surface area contributed by atoms with Crippen molar-refractivity contribution in [1.29, 1.82) is 0 Å². The highest BCUT2D eigenvalue weighted by molar-refractivity contribution is 5.87. The van der Waals surface area contributed by atoms with Gasteiger partial charge in [0.05, 0.1) is 0 Å². The van der Waals surface area contributed by atoms with Gasteiger partial charge in [-0.2, -0.15) is 0 Å². The van der Waals surface area contributed by atoms with Crippen molar-refractivity contribution >= 4 is 18.0 Å². The van der Waals surface area contributed by atoms with E-state index in [9.17, 15) is 9.59 Å². The third-order valence-corrected chi connectivity index (χ3v) is 4.28. The summed E-state index contributed by atoms with van der Waals surface area (Å²) in [6.45, 7) is 0. The van der Waals surface area contributed by atoms with Crippen LogP contribution in [0.15, 0.2) is 30.3 Å². The Morgan fingerprint density at radius 1 is 1.04 bits per heavy atom. The summed E-state index contributed by atoms with van der Waals surface area (Å²) in [4.78, 5) is 32.6. The first-order chi connectivity index (χ1) is 12.4. The summed E-state index contributed by atoms with van der Waals surface area (Å²) < 4.78 is 0. The van der Waals surface area contributed by atoms with Crippen LogP contribution in [0.25, 0.3) is 0 Å². The molecule has 0 spiro atoms. The molecule has 2 amide bonds. The lowest BCUT2D eigenvalue weighted by molar-refractivity contribution is -0.136. The van der Waals surface area contributed by atoms with E-state index >= 15 is 0 Å². The molecule has 1 aliphatic carbocycles. The van der Waals surface area contributed by atoms with Crippen LogP contribution in [0.2, 0.25) is 0 Å². The third kappa shape index (κ3) is 8.48. The maximum atomic E-state index is 12.3. The molecule has 5 N–H and O–H groups in total. The maximum absolute atomic E-state index is 12.3. The number of rotatable bonds is 6. The van der Waals surface area contributed by atoms with E-state index in [2.05, 4.69) is 5.32 Å². The van der Waals surface area contributed by atoms with Gasteiger partial charge in [0.2, 0.25) is 5.91 Å². The Labute approximate surface area is 152 Å². The summed E-state index contributed by atoms with van der Waals surface area (Å²) in [5.74, 6) is -0.624. The third-order valence-electron chi connectivity index (χ3n) is 4.28. The molecule has 8 heteroatoms. The highest BCUT2D eigenvalue weighted by Crippen LogP contribution is 2.23. The summed E-state index contributed by atoms with van der Waals surface area (Å²) in [5, 5.41) is 25.6. The molecule has 0 aromatic heterocycles. The van der Waals surface area contributed by atoms with Crippen molar-refractivity contribution in [3.8, 4) is 0 Å². The topological polar surface area (TPSA) is 136 Å². The van der Waals surface area contributed by atoms with Crippen LogP contribution in [-0.4, -0.2) is 39.4 Å². The van der Waals surface area contributed by atoms with Crippen LogP contribution in [-0.2, 0) is 16.0 Å². The molecule has 1 saturated carbocycles. The lowest BCUT2D eigenvalue weighted by atomic mass is 9.88. The number of amides is 2. The van der Waals surface area contributed by atoms with E-state index in [0.717, 1.165) is 31.2 Å². The summed E-state index contributed by atoms with van der Waals surface area (Å²) in [6, 6.07) is 9.09. The second kappa shape index (κ2) is 11.9. The van der Waals surface area contributed by atoms with Crippen molar-refractivity contribution in [2.75, 3.05) is 0 Å². The number of carbonyl (C=O) groups is 3. The molecule has 2 rings (SSSR count). The molecule has 0 saturated heterocycles. The molecule has 0 radical (unpaired) electrons. The Bertz CT molecular complexity index is 568. The molecule has 1 unspecified atom stereocenters. The average molecular weight is 366 g/mol. The first-order valence-electron chi connectivity index (χ1n) is 8.64. The second-order valence-electron chi connectivity index (χ2n) is 6.18. The number of hydrogen-bond acceptors (Lipinski definition) is 4. The van der Waals surface area contributed by atoms with E-state index in [1.807, 2.05) is 30.3 Å². The summed E-state index contributed by atoms with van der Waals surface area (Å²) in [7, 11) is 0. The van der Waals surface area contributed by atoms with Crippen molar-refractivity contribution in [1.82, 2.24) is 10.8 Å². The number of carboxylic acid groups (broad SMARTS) is 2. The number of aryl methyl sites for hydroxylation is 1. The van der Waals surface area contributed by atoms with Gasteiger partial charge in [0.1, 0.15) is 6.04 Å². The standard InChI is InChI=1S/C17H24N2O3.CH2O3/c20-16(14-9-5-2-6-10-14)18-15(17(21)19-22)12-11-13-7-3-1-4-8-13;2-1(3)4/h1,3-4,7-8,14-15,22H,2,5-6,9-12H2,(H,18,20)(H,19,21);(H2,2,3,4). The highest BCUT2D eigenvalue weighted by Gasteiger charge is 2.26. The molecule has 26 heavy (non-hydrogen) atoms. The van der Waals surface area contributed by atoms with Crippen molar-refractivity contribution in [3.05, 3.63) is 35.9 Å². The van der Waals surface area contributed by atoms with Gasteiger partial charge in [-0.15, -0.1) is 0 Å². The predicted molar refractivity (Wildman–Crippen MR) is 93.9 cm³/mol. The Morgan fingerprint density at radius 3 is 2.15 bits per heavy atom. The number of hydrogen-bond donors (Lipinski definition) is 5. The lowest BCUT2D eigenvalue weighted by Crippen LogP contribution is -2.48. The van der Waals surface area contributed by atoms with Crippen LogP contribution in [0, 0.1) is 5.92 Å². The minimum Gasteiger partial charge on any atom is -0.450 e. The Hall–Kier alpha value is -2.61. The molecule has 1 fully saturated rings. The fourth-order valence-corrected chi connectivity index (χ4v) is 2.96. The van der Waals surface area contributed by atoms with Gasteiger partial charge < -0.3 is 15.5 Å². The molecule has 1 atom stereocenters. The molecule has 0 bridgehead atoms. The van der Waals surface area contributed by atoms with E-state index in [0.29, 0.717) is 12.8 Å². The average Bonchev–Trinajstić information content (AvgIpc) is 2.65. The molecule has 8 nitrogen and oxygen atoms in total. The molecule has 144 valence electrons. The van der Waals surface area contributed by atoms with Crippen LogP contribution in [0.3, 0.4) is 0 Å². The molecule has 1 aromatic carbocycles.